The highest BCUT2D eigenvalue weighted by Crippen LogP contribution is 2.26. The van der Waals surface area contributed by atoms with Crippen molar-refractivity contribution in [2.45, 2.75) is 25.4 Å². The van der Waals surface area contributed by atoms with Crippen molar-refractivity contribution in [2.75, 3.05) is 13.7 Å². The molecule has 2 rings (SSSR count). The van der Waals surface area contributed by atoms with Gasteiger partial charge >= 0.3 is 0 Å². The molecule has 4 heteroatoms. The van der Waals surface area contributed by atoms with Gasteiger partial charge in [-0.1, -0.05) is 17.7 Å². The molecule has 18 heavy (non-hydrogen) atoms. The molecular formula is C14H18ClNO2. The molecule has 1 fully saturated rings. The number of rotatable bonds is 7. The van der Waals surface area contributed by atoms with E-state index in [2.05, 4.69) is 5.32 Å². The number of nitrogens with one attached hydrogen (secondary N) is 1. The van der Waals surface area contributed by atoms with Crippen LogP contribution >= 0.6 is 11.6 Å². The molecule has 0 amide bonds. The predicted octanol–water partition coefficient (Wildman–Crippen LogP) is 3.08. The van der Waals surface area contributed by atoms with Crippen LogP contribution in [0.2, 0.25) is 0 Å². The molecule has 0 atom stereocenters. The Morgan fingerprint density at radius 1 is 1.44 bits per heavy atom. The fourth-order valence-corrected chi connectivity index (χ4v) is 1.73. The summed E-state index contributed by atoms with van der Waals surface area (Å²) in [6, 6.07) is 6.58. The highest BCUT2D eigenvalue weighted by Gasteiger charge is 2.20. The minimum Gasteiger partial charge on any atom is -0.497 e. The molecule has 0 unspecified atom stereocenters. The first-order valence-electron chi connectivity index (χ1n) is 6.12. The summed E-state index contributed by atoms with van der Waals surface area (Å²) >= 11 is 5.48. The summed E-state index contributed by atoms with van der Waals surface area (Å²) in [5.41, 5.74) is 2.60. The van der Waals surface area contributed by atoms with Crippen molar-refractivity contribution in [2.24, 2.45) is 0 Å². The molecule has 0 saturated heterocycles. The maximum absolute atomic E-state index is 5.68. The van der Waals surface area contributed by atoms with Crippen LogP contribution in [0.3, 0.4) is 0 Å². The zero-order valence-corrected chi connectivity index (χ0v) is 11.2. The standard InChI is InChI=1S/C14H18ClNO2/c1-17-13-6-3-11(10-16-12-4-5-12)14(9-13)18-8-2-7-15/h2-3,6-7,9,12,16H,4-5,8,10H2,1H3/b7-2+. The van der Waals surface area contributed by atoms with Crippen molar-refractivity contribution in [3.63, 3.8) is 0 Å². The Labute approximate surface area is 113 Å². The minimum absolute atomic E-state index is 0.465. The zero-order valence-electron chi connectivity index (χ0n) is 10.5. The Bertz CT molecular complexity index is 416. The molecule has 0 aromatic heterocycles. The predicted molar refractivity (Wildman–Crippen MR) is 73.3 cm³/mol. The molecule has 1 aromatic rings. The third-order valence-corrected chi connectivity index (χ3v) is 3.04. The van der Waals surface area contributed by atoms with Crippen molar-refractivity contribution in [3.05, 3.63) is 35.4 Å². The Morgan fingerprint density at radius 3 is 2.94 bits per heavy atom. The Hall–Kier alpha value is -1.19. The van der Waals surface area contributed by atoms with Crippen LogP contribution in [0.15, 0.2) is 29.8 Å². The lowest BCUT2D eigenvalue weighted by Gasteiger charge is -2.12. The van der Waals surface area contributed by atoms with Crippen LogP contribution in [-0.2, 0) is 6.54 Å². The average molecular weight is 268 g/mol. The fourth-order valence-electron chi connectivity index (χ4n) is 1.66. The maximum Gasteiger partial charge on any atom is 0.127 e. The van der Waals surface area contributed by atoms with Gasteiger partial charge in [-0.25, -0.2) is 0 Å². The molecule has 1 N–H and O–H groups in total. The van der Waals surface area contributed by atoms with Crippen molar-refractivity contribution < 1.29 is 9.47 Å². The second kappa shape index (κ2) is 6.66. The summed E-state index contributed by atoms with van der Waals surface area (Å²) in [6.07, 6.45) is 4.32. The lowest BCUT2D eigenvalue weighted by atomic mass is 10.2. The lowest BCUT2D eigenvalue weighted by molar-refractivity contribution is 0.351. The van der Waals surface area contributed by atoms with E-state index in [1.807, 2.05) is 18.2 Å². The molecule has 1 aliphatic rings. The number of halogens is 1. The molecule has 0 radical (unpaired) electrons. The topological polar surface area (TPSA) is 30.5 Å². The van der Waals surface area contributed by atoms with Crippen molar-refractivity contribution in [3.8, 4) is 11.5 Å². The normalized spacial score (nSPS) is 15.0. The molecule has 98 valence electrons. The summed E-state index contributed by atoms with van der Waals surface area (Å²) in [5, 5.41) is 3.48. The van der Waals surface area contributed by atoms with Crippen LogP contribution in [0.25, 0.3) is 0 Å². The van der Waals surface area contributed by atoms with E-state index in [9.17, 15) is 0 Å². The van der Waals surface area contributed by atoms with Gasteiger partial charge in [-0.2, -0.15) is 0 Å². The van der Waals surface area contributed by atoms with Gasteiger partial charge in [-0.05, 0) is 25.0 Å². The highest BCUT2D eigenvalue weighted by molar-refractivity contribution is 6.25. The summed E-state index contributed by atoms with van der Waals surface area (Å²) in [4.78, 5) is 0. The van der Waals surface area contributed by atoms with E-state index in [1.165, 1.54) is 18.4 Å². The smallest absolute Gasteiger partial charge is 0.127 e. The second-order valence-electron chi connectivity index (χ2n) is 4.30. The van der Waals surface area contributed by atoms with Gasteiger partial charge in [0, 0.05) is 29.8 Å². The third-order valence-electron chi connectivity index (χ3n) is 2.86. The van der Waals surface area contributed by atoms with Gasteiger partial charge in [0.15, 0.2) is 0 Å². The summed E-state index contributed by atoms with van der Waals surface area (Å²) in [5.74, 6) is 1.65. The molecule has 0 aliphatic heterocycles. The van der Waals surface area contributed by atoms with Gasteiger partial charge in [-0.3, -0.25) is 0 Å². The van der Waals surface area contributed by atoms with Crippen molar-refractivity contribution in [1.82, 2.24) is 5.32 Å². The van der Waals surface area contributed by atoms with Crippen LogP contribution < -0.4 is 14.8 Å². The quantitative estimate of drug-likeness (QED) is 0.824. The maximum atomic E-state index is 5.68. The SMILES string of the molecule is COc1ccc(CNC2CC2)c(OC/C=C/Cl)c1. The lowest BCUT2D eigenvalue weighted by Crippen LogP contribution is -2.16. The Morgan fingerprint density at radius 2 is 2.28 bits per heavy atom. The van der Waals surface area contributed by atoms with Crippen LogP contribution in [-0.4, -0.2) is 19.8 Å². The van der Waals surface area contributed by atoms with Crippen LogP contribution in [0.4, 0.5) is 0 Å². The fraction of sp³-hybridized carbons (Fsp3) is 0.429. The largest absolute Gasteiger partial charge is 0.497 e. The first-order chi connectivity index (χ1) is 8.83. The van der Waals surface area contributed by atoms with E-state index < -0.39 is 0 Å². The minimum atomic E-state index is 0.465. The number of benzene rings is 1. The molecule has 3 nitrogen and oxygen atoms in total. The van der Waals surface area contributed by atoms with Crippen molar-refractivity contribution >= 4 is 11.6 Å². The average Bonchev–Trinajstić information content (AvgIpc) is 3.21. The zero-order chi connectivity index (χ0) is 12.8. The van der Waals surface area contributed by atoms with Gasteiger partial charge < -0.3 is 14.8 Å². The summed E-state index contributed by atoms with van der Waals surface area (Å²) < 4.78 is 10.9. The van der Waals surface area contributed by atoms with Crippen LogP contribution in [0.5, 0.6) is 11.5 Å². The van der Waals surface area contributed by atoms with Gasteiger partial charge in [0.2, 0.25) is 0 Å². The highest BCUT2D eigenvalue weighted by atomic mass is 35.5. The van der Waals surface area contributed by atoms with Gasteiger partial charge in [0.25, 0.3) is 0 Å². The summed E-state index contributed by atoms with van der Waals surface area (Å²) in [7, 11) is 1.65. The number of hydrogen-bond donors (Lipinski definition) is 1. The summed E-state index contributed by atoms with van der Waals surface area (Å²) in [6.45, 7) is 1.29. The molecule has 0 spiro atoms. The van der Waals surface area contributed by atoms with Gasteiger partial charge in [0.1, 0.15) is 18.1 Å². The van der Waals surface area contributed by atoms with Gasteiger partial charge in [-0.15, -0.1) is 0 Å². The molecule has 1 aliphatic carbocycles. The molecule has 0 heterocycles. The number of ether oxygens (including phenoxy) is 2. The molecular weight excluding hydrogens is 250 g/mol. The molecule has 1 saturated carbocycles. The van der Waals surface area contributed by atoms with E-state index in [1.54, 1.807) is 13.2 Å². The first-order valence-corrected chi connectivity index (χ1v) is 6.55. The second-order valence-corrected chi connectivity index (χ2v) is 4.55. The van der Waals surface area contributed by atoms with E-state index in [-0.39, 0.29) is 0 Å². The van der Waals surface area contributed by atoms with Crippen LogP contribution in [0.1, 0.15) is 18.4 Å². The van der Waals surface area contributed by atoms with E-state index in [4.69, 9.17) is 21.1 Å². The van der Waals surface area contributed by atoms with Crippen LogP contribution in [0, 0.1) is 0 Å². The molecule has 0 bridgehead atoms. The number of hydrogen-bond acceptors (Lipinski definition) is 3. The van der Waals surface area contributed by atoms with Gasteiger partial charge in [0.05, 0.1) is 7.11 Å². The van der Waals surface area contributed by atoms with E-state index in [0.717, 1.165) is 23.6 Å². The van der Waals surface area contributed by atoms with E-state index in [0.29, 0.717) is 12.6 Å². The monoisotopic (exact) mass is 267 g/mol. The Balaban J connectivity index is 2.03. The molecule has 1 aromatic carbocycles. The van der Waals surface area contributed by atoms with E-state index >= 15 is 0 Å². The Kier molecular flexibility index (Phi) is 4.90. The first kappa shape index (κ1) is 13.2. The number of methoxy groups -OCH3 is 1. The van der Waals surface area contributed by atoms with Crippen molar-refractivity contribution in [1.29, 1.82) is 0 Å². The third kappa shape index (κ3) is 3.93.